The van der Waals surface area contributed by atoms with Crippen molar-refractivity contribution in [3.05, 3.63) is 35.9 Å². The van der Waals surface area contributed by atoms with E-state index in [2.05, 4.69) is 49.1 Å². The van der Waals surface area contributed by atoms with Crippen LogP contribution in [0.3, 0.4) is 0 Å². The molecule has 98 valence electrons. The largest absolute Gasteiger partial charge is 0.384 e. The third-order valence-electron chi connectivity index (χ3n) is 5.45. The molecule has 0 N–H and O–H groups in total. The van der Waals surface area contributed by atoms with Gasteiger partial charge in [0.1, 0.15) is 0 Å². The number of ether oxygens (including phenoxy) is 1. The zero-order chi connectivity index (χ0) is 12.8. The summed E-state index contributed by atoms with van der Waals surface area (Å²) in [5, 5.41) is 0. The molecule has 2 heteroatoms. The molecular weight excluding hydrogens is 222 g/mol. The summed E-state index contributed by atoms with van der Waals surface area (Å²) < 4.78 is 5.37. The topological polar surface area (TPSA) is 12.5 Å². The maximum atomic E-state index is 5.37. The number of hydrogen-bond donors (Lipinski definition) is 0. The molecule has 2 aliphatic rings. The predicted molar refractivity (Wildman–Crippen MR) is 73.3 cm³/mol. The fraction of sp³-hybridized carbons (Fsp3) is 0.625. The Labute approximate surface area is 110 Å². The Morgan fingerprint density at radius 1 is 1.17 bits per heavy atom. The third-order valence-corrected chi connectivity index (χ3v) is 5.45. The molecule has 0 bridgehead atoms. The Hall–Kier alpha value is -0.860. The van der Waals surface area contributed by atoms with Crippen molar-refractivity contribution in [1.82, 2.24) is 4.90 Å². The van der Waals surface area contributed by atoms with Crippen LogP contribution in [-0.2, 0) is 11.3 Å². The number of methoxy groups -OCH3 is 1. The van der Waals surface area contributed by atoms with Crippen LogP contribution in [0.25, 0.3) is 0 Å². The summed E-state index contributed by atoms with van der Waals surface area (Å²) in [6.45, 7) is 9.31. The third kappa shape index (κ3) is 1.63. The lowest BCUT2D eigenvalue weighted by Gasteiger charge is -2.22. The number of likely N-dealkylation sites (tertiary alicyclic amines) is 1. The number of benzene rings is 1. The Morgan fingerprint density at radius 2 is 1.78 bits per heavy atom. The fourth-order valence-electron chi connectivity index (χ4n) is 4.13. The molecule has 0 unspecified atom stereocenters. The average Bonchev–Trinajstić information content (AvgIpc) is 2.64. The van der Waals surface area contributed by atoms with Crippen molar-refractivity contribution in [2.24, 2.45) is 16.7 Å². The molecule has 1 aromatic rings. The Morgan fingerprint density at radius 3 is 2.33 bits per heavy atom. The standard InChI is InChI=1S/C16H23NO/c1-15-11-17(9-13-7-5-4-6-8-13)12-16(15,2)14(15)10-18-3/h4-8,14H,9-12H2,1-3H3/t14-,15-,16+. The van der Waals surface area contributed by atoms with Crippen molar-refractivity contribution in [1.29, 1.82) is 0 Å². The van der Waals surface area contributed by atoms with Gasteiger partial charge in [-0.3, -0.25) is 4.90 Å². The highest BCUT2D eigenvalue weighted by Gasteiger charge is 2.74. The lowest BCUT2D eigenvalue weighted by Crippen LogP contribution is -2.28. The van der Waals surface area contributed by atoms with E-state index in [1.807, 2.05) is 7.11 Å². The second-order valence-electron chi connectivity index (χ2n) is 6.47. The molecule has 1 heterocycles. The van der Waals surface area contributed by atoms with E-state index in [1.165, 1.54) is 18.7 Å². The fourth-order valence-corrected chi connectivity index (χ4v) is 4.13. The lowest BCUT2D eigenvalue weighted by atomic mass is 10.0. The van der Waals surface area contributed by atoms with E-state index in [0.717, 1.165) is 19.1 Å². The SMILES string of the molecule is COC[C@H]1[C@]2(C)CN(Cc3ccccc3)C[C@]12C. The number of hydrogen-bond acceptors (Lipinski definition) is 2. The van der Waals surface area contributed by atoms with Crippen LogP contribution in [0.1, 0.15) is 19.4 Å². The van der Waals surface area contributed by atoms with Crippen molar-refractivity contribution in [3.8, 4) is 0 Å². The highest BCUT2D eigenvalue weighted by molar-refractivity contribution is 5.24. The van der Waals surface area contributed by atoms with Gasteiger partial charge in [-0.2, -0.15) is 0 Å². The summed E-state index contributed by atoms with van der Waals surface area (Å²) in [5.41, 5.74) is 2.37. The smallest absolute Gasteiger partial charge is 0.0502 e. The van der Waals surface area contributed by atoms with Gasteiger partial charge in [-0.1, -0.05) is 44.2 Å². The average molecular weight is 245 g/mol. The number of rotatable bonds is 4. The molecule has 18 heavy (non-hydrogen) atoms. The Bertz CT molecular complexity index is 414. The van der Waals surface area contributed by atoms with E-state index in [1.54, 1.807) is 0 Å². The van der Waals surface area contributed by atoms with Crippen molar-refractivity contribution < 1.29 is 4.74 Å². The van der Waals surface area contributed by atoms with E-state index in [4.69, 9.17) is 4.74 Å². The first-order valence-corrected chi connectivity index (χ1v) is 6.85. The zero-order valence-corrected chi connectivity index (χ0v) is 11.6. The van der Waals surface area contributed by atoms with E-state index < -0.39 is 0 Å². The summed E-state index contributed by atoms with van der Waals surface area (Å²) >= 11 is 0. The van der Waals surface area contributed by atoms with Gasteiger partial charge in [0.2, 0.25) is 0 Å². The van der Waals surface area contributed by atoms with Crippen molar-refractivity contribution in [2.45, 2.75) is 20.4 Å². The molecule has 0 radical (unpaired) electrons. The molecule has 1 aliphatic heterocycles. The molecule has 2 fully saturated rings. The molecule has 1 aliphatic carbocycles. The van der Waals surface area contributed by atoms with Gasteiger partial charge in [0.05, 0.1) is 6.61 Å². The van der Waals surface area contributed by atoms with Crippen molar-refractivity contribution in [2.75, 3.05) is 26.8 Å². The van der Waals surface area contributed by atoms with Crippen LogP contribution in [-0.4, -0.2) is 31.7 Å². The molecule has 1 aromatic carbocycles. The maximum absolute atomic E-state index is 5.37. The van der Waals surface area contributed by atoms with Gasteiger partial charge in [-0.05, 0) is 22.3 Å². The Kier molecular flexibility index (Phi) is 2.76. The second kappa shape index (κ2) is 4.07. The van der Waals surface area contributed by atoms with E-state index in [9.17, 15) is 0 Å². The van der Waals surface area contributed by atoms with Crippen LogP contribution in [0.2, 0.25) is 0 Å². The summed E-state index contributed by atoms with van der Waals surface area (Å²) in [6, 6.07) is 10.8. The number of nitrogens with zero attached hydrogens (tertiary/aromatic N) is 1. The molecule has 0 spiro atoms. The highest BCUT2D eigenvalue weighted by atomic mass is 16.5. The van der Waals surface area contributed by atoms with Gasteiger partial charge >= 0.3 is 0 Å². The summed E-state index contributed by atoms with van der Waals surface area (Å²) in [7, 11) is 1.82. The molecular formula is C16H23NO. The molecule has 0 aromatic heterocycles. The molecule has 1 saturated carbocycles. The van der Waals surface area contributed by atoms with Crippen molar-refractivity contribution >= 4 is 0 Å². The number of piperidine rings is 1. The lowest BCUT2D eigenvalue weighted by molar-refractivity contribution is 0.140. The molecule has 3 atom stereocenters. The van der Waals surface area contributed by atoms with Crippen LogP contribution in [0.4, 0.5) is 0 Å². The van der Waals surface area contributed by atoms with Crippen LogP contribution >= 0.6 is 0 Å². The normalized spacial score (nSPS) is 38.7. The minimum Gasteiger partial charge on any atom is -0.384 e. The van der Waals surface area contributed by atoms with Crippen LogP contribution in [0.15, 0.2) is 30.3 Å². The highest BCUT2D eigenvalue weighted by Crippen LogP contribution is 2.72. The van der Waals surface area contributed by atoms with Crippen LogP contribution in [0, 0.1) is 16.7 Å². The predicted octanol–water partition coefficient (Wildman–Crippen LogP) is 2.79. The summed E-state index contributed by atoms with van der Waals surface area (Å²) in [5.74, 6) is 0.752. The van der Waals surface area contributed by atoms with Crippen LogP contribution < -0.4 is 0 Å². The van der Waals surface area contributed by atoms with Crippen LogP contribution in [0.5, 0.6) is 0 Å². The molecule has 2 nitrogen and oxygen atoms in total. The first-order chi connectivity index (χ1) is 8.60. The van der Waals surface area contributed by atoms with Gasteiger partial charge in [0, 0.05) is 26.7 Å². The van der Waals surface area contributed by atoms with E-state index >= 15 is 0 Å². The number of fused-ring (bicyclic) bond motifs is 1. The minimum absolute atomic E-state index is 0.470. The zero-order valence-electron chi connectivity index (χ0n) is 11.6. The van der Waals surface area contributed by atoms with Gasteiger partial charge in [0.15, 0.2) is 0 Å². The first-order valence-electron chi connectivity index (χ1n) is 6.85. The van der Waals surface area contributed by atoms with Gasteiger partial charge in [-0.25, -0.2) is 0 Å². The van der Waals surface area contributed by atoms with Gasteiger partial charge < -0.3 is 4.74 Å². The first kappa shape index (κ1) is 12.2. The minimum atomic E-state index is 0.470. The Balaban J connectivity index is 1.65. The van der Waals surface area contributed by atoms with E-state index in [0.29, 0.717) is 10.8 Å². The monoisotopic (exact) mass is 245 g/mol. The van der Waals surface area contributed by atoms with E-state index in [-0.39, 0.29) is 0 Å². The van der Waals surface area contributed by atoms with Gasteiger partial charge in [0.25, 0.3) is 0 Å². The van der Waals surface area contributed by atoms with Crippen molar-refractivity contribution in [3.63, 3.8) is 0 Å². The maximum Gasteiger partial charge on any atom is 0.0502 e. The van der Waals surface area contributed by atoms with Gasteiger partial charge in [-0.15, -0.1) is 0 Å². The second-order valence-corrected chi connectivity index (χ2v) is 6.47. The quantitative estimate of drug-likeness (QED) is 0.809. The summed E-state index contributed by atoms with van der Waals surface area (Å²) in [6.07, 6.45) is 0. The molecule has 1 saturated heterocycles. The molecule has 3 rings (SSSR count). The molecule has 0 amide bonds. The summed E-state index contributed by atoms with van der Waals surface area (Å²) in [4.78, 5) is 2.60.